The Balaban J connectivity index is 1.32. The minimum absolute atomic E-state index is 0.0362. The maximum atomic E-state index is 12.3. The van der Waals surface area contributed by atoms with Crippen molar-refractivity contribution in [1.82, 2.24) is 24.9 Å². The number of hydrogen-bond donors (Lipinski definition) is 1. The predicted molar refractivity (Wildman–Crippen MR) is 108 cm³/mol. The van der Waals surface area contributed by atoms with Crippen LogP contribution in [-0.2, 0) is 6.54 Å². The van der Waals surface area contributed by atoms with Crippen molar-refractivity contribution < 1.29 is 4.79 Å². The number of likely N-dealkylation sites (N-methyl/N-ethyl adjacent to an activating group) is 1. The van der Waals surface area contributed by atoms with Crippen molar-refractivity contribution in [1.29, 1.82) is 0 Å². The van der Waals surface area contributed by atoms with E-state index < -0.39 is 0 Å². The number of benzene rings is 1. The highest BCUT2D eigenvalue weighted by Gasteiger charge is 2.14. The summed E-state index contributed by atoms with van der Waals surface area (Å²) in [6.45, 7) is 10.6. The fraction of sp³-hybridized carbons (Fsp3) is 0.524. The molecule has 1 aliphatic heterocycles. The van der Waals surface area contributed by atoms with Crippen LogP contribution in [0.3, 0.4) is 0 Å². The molecule has 0 spiro atoms. The Morgan fingerprint density at radius 1 is 1.07 bits per heavy atom. The van der Waals surface area contributed by atoms with Gasteiger partial charge >= 0.3 is 0 Å². The number of aromatic nitrogens is 2. The Morgan fingerprint density at radius 3 is 2.56 bits per heavy atom. The molecule has 1 aliphatic rings. The van der Waals surface area contributed by atoms with E-state index in [2.05, 4.69) is 39.3 Å². The summed E-state index contributed by atoms with van der Waals surface area (Å²) in [6, 6.07) is 10.1. The van der Waals surface area contributed by atoms with E-state index in [4.69, 9.17) is 0 Å². The maximum absolute atomic E-state index is 12.3. The molecule has 0 atom stereocenters. The predicted octanol–water partition coefficient (Wildman–Crippen LogP) is 2.08. The molecular weight excluding hydrogens is 338 g/mol. The van der Waals surface area contributed by atoms with Crippen molar-refractivity contribution in [2.75, 3.05) is 45.8 Å². The van der Waals surface area contributed by atoms with Gasteiger partial charge in [0, 0.05) is 38.9 Å². The first kappa shape index (κ1) is 19.6. The second-order valence-corrected chi connectivity index (χ2v) is 7.15. The highest BCUT2D eigenvalue weighted by molar-refractivity contribution is 5.93. The summed E-state index contributed by atoms with van der Waals surface area (Å²) in [4.78, 5) is 17.3. The van der Waals surface area contributed by atoms with Gasteiger partial charge in [0.15, 0.2) is 0 Å². The van der Waals surface area contributed by atoms with Gasteiger partial charge in [-0.2, -0.15) is 5.10 Å². The Hall–Kier alpha value is -2.18. The summed E-state index contributed by atoms with van der Waals surface area (Å²) >= 11 is 0. The molecule has 3 rings (SSSR count). The summed E-state index contributed by atoms with van der Waals surface area (Å²) in [7, 11) is 0. The van der Waals surface area contributed by atoms with Crippen molar-refractivity contribution in [3.05, 3.63) is 53.9 Å². The highest BCUT2D eigenvalue weighted by atomic mass is 16.1. The molecule has 27 heavy (non-hydrogen) atoms. The highest BCUT2D eigenvalue weighted by Crippen LogP contribution is 2.05. The van der Waals surface area contributed by atoms with Crippen LogP contribution in [0.2, 0.25) is 0 Å². The molecule has 2 aromatic rings. The van der Waals surface area contributed by atoms with Gasteiger partial charge in [-0.1, -0.05) is 37.3 Å². The fourth-order valence-electron chi connectivity index (χ4n) is 3.43. The lowest BCUT2D eigenvalue weighted by Crippen LogP contribution is -2.46. The van der Waals surface area contributed by atoms with E-state index in [1.807, 2.05) is 24.4 Å². The monoisotopic (exact) mass is 369 g/mol. The van der Waals surface area contributed by atoms with E-state index >= 15 is 0 Å². The molecule has 146 valence electrons. The third-order valence-corrected chi connectivity index (χ3v) is 5.18. The Kier molecular flexibility index (Phi) is 7.42. The number of amides is 1. The van der Waals surface area contributed by atoms with Gasteiger partial charge in [0.2, 0.25) is 0 Å². The first-order valence-corrected chi connectivity index (χ1v) is 10.0. The zero-order chi connectivity index (χ0) is 18.9. The molecule has 2 heterocycles. The average Bonchev–Trinajstić information content (AvgIpc) is 3.17. The van der Waals surface area contributed by atoms with Crippen molar-refractivity contribution in [3.63, 3.8) is 0 Å². The maximum Gasteiger partial charge on any atom is 0.254 e. The molecule has 1 amide bonds. The van der Waals surface area contributed by atoms with Gasteiger partial charge in [0.05, 0.1) is 18.3 Å². The number of carbonyl (C=O) groups excluding carboxylic acids is 1. The van der Waals surface area contributed by atoms with Gasteiger partial charge < -0.3 is 15.1 Å². The third-order valence-electron chi connectivity index (χ3n) is 5.18. The lowest BCUT2D eigenvalue weighted by Gasteiger charge is -2.33. The summed E-state index contributed by atoms with van der Waals surface area (Å²) in [5.41, 5.74) is 1.80. The molecule has 1 aromatic heterocycles. The fourth-order valence-corrected chi connectivity index (χ4v) is 3.43. The SMILES string of the molecule is CCN1CCN(CCCCNC(=O)c2cnn(Cc3ccccc3)c2)CC1. The Morgan fingerprint density at radius 2 is 1.81 bits per heavy atom. The van der Waals surface area contributed by atoms with E-state index in [9.17, 15) is 4.79 Å². The third kappa shape index (κ3) is 6.19. The largest absolute Gasteiger partial charge is 0.352 e. The lowest BCUT2D eigenvalue weighted by atomic mass is 10.2. The first-order valence-electron chi connectivity index (χ1n) is 10.0. The second kappa shape index (κ2) is 10.2. The quantitative estimate of drug-likeness (QED) is 0.688. The van der Waals surface area contributed by atoms with E-state index in [-0.39, 0.29) is 5.91 Å². The van der Waals surface area contributed by atoms with Crippen LogP contribution in [0.5, 0.6) is 0 Å². The number of nitrogens with zero attached hydrogens (tertiary/aromatic N) is 4. The molecule has 0 bridgehead atoms. The topological polar surface area (TPSA) is 53.4 Å². The van der Waals surface area contributed by atoms with E-state index in [0.29, 0.717) is 12.1 Å². The second-order valence-electron chi connectivity index (χ2n) is 7.15. The number of unbranched alkanes of at least 4 members (excludes halogenated alkanes) is 1. The number of piperazine rings is 1. The minimum Gasteiger partial charge on any atom is -0.352 e. The van der Waals surface area contributed by atoms with Gasteiger partial charge in [0.25, 0.3) is 5.91 Å². The van der Waals surface area contributed by atoms with E-state index in [0.717, 1.165) is 32.5 Å². The zero-order valence-corrected chi connectivity index (χ0v) is 16.3. The van der Waals surface area contributed by atoms with Crippen LogP contribution in [0, 0.1) is 0 Å². The van der Waals surface area contributed by atoms with Crippen molar-refractivity contribution in [2.45, 2.75) is 26.3 Å². The lowest BCUT2D eigenvalue weighted by molar-refractivity contribution is 0.0951. The van der Waals surface area contributed by atoms with Gasteiger partial charge in [0.1, 0.15) is 0 Å². The molecular formula is C21H31N5O. The van der Waals surface area contributed by atoms with Gasteiger partial charge in [-0.3, -0.25) is 9.48 Å². The van der Waals surface area contributed by atoms with E-state index in [1.165, 1.54) is 31.7 Å². The van der Waals surface area contributed by atoms with Crippen molar-refractivity contribution in [2.24, 2.45) is 0 Å². The Labute approximate surface area is 162 Å². The molecule has 1 aromatic carbocycles. The molecule has 6 heteroatoms. The van der Waals surface area contributed by atoms with E-state index in [1.54, 1.807) is 10.9 Å². The van der Waals surface area contributed by atoms with Crippen LogP contribution in [0.15, 0.2) is 42.7 Å². The molecule has 1 fully saturated rings. The molecule has 1 saturated heterocycles. The standard InChI is InChI=1S/C21H31N5O/c1-2-24-12-14-25(15-13-24)11-7-6-10-22-21(27)20-16-23-26(18-20)17-19-8-4-3-5-9-19/h3-5,8-9,16,18H,2,6-7,10-15,17H2,1H3,(H,22,27). The summed E-state index contributed by atoms with van der Waals surface area (Å²) < 4.78 is 1.81. The molecule has 6 nitrogen and oxygen atoms in total. The zero-order valence-electron chi connectivity index (χ0n) is 16.3. The number of rotatable bonds is 9. The van der Waals surface area contributed by atoms with Crippen LogP contribution in [0.1, 0.15) is 35.7 Å². The smallest absolute Gasteiger partial charge is 0.254 e. The normalized spacial score (nSPS) is 15.7. The van der Waals surface area contributed by atoms with Crippen molar-refractivity contribution >= 4 is 5.91 Å². The van der Waals surface area contributed by atoms with Crippen LogP contribution in [-0.4, -0.2) is 71.3 Å². The molecule has 0 aliphatic carbocycles. The summed E-state index contributed by atoms with van der Waals surface area (Å²) in [5, 5.41) is 7.31. The van der Waals surface area contributed by atoms with Crippen LogP contribution in [0.25, 0.3) is 0 Å². The molecule has 0 saturated carbocycles. The first-order chi connectivity index (χ1) is 13.2. The van der Waals surface area contributed by atoms with Crippen LogP contribution >= 0.6 is 0 Å². The van der Waals surface area contributed by atoms with Gasteiger partial charge in [-0.25, -0.2) is 0 Å². The summed E-state index contributed by atoms with van der Waals surface area (Å²) in [6.07, 6.45) is 5.60. The molecule has 1 N–H and O–H groups in total. The molecule has 0 radical (unpaired) electrons. The number of hydrogen-bond acceptors (Lipinski definition) is 4. The number of nitrogens with one attached hydrogen (secondary N) is 1. The minimum atomic E-state index is -0.0362. The number of carbonyl (C=O) groups is 1. The van der Waals surface area contributed by atoms with Gasteiger partial charge in [-0.05, 0) is 31.5 Å². The van der Waals surface area contributed by atoms with Crippen LogP contribution < -0.4 is 5.32 Å². The van der Waals surface area contributed by atoms with Crippen molar-refractivity contribution in [3.8, 4) is 0 Å². The summed E-state index contributed by atoms with van der Waals surface area (Å²) in [5.74, 6) is -0.0362. The van der Waals surface area contributed by atoms with Gasteiger partial charge in [-0.15, -0.1) is 0 Å². The molecule has 0 unspecified atom stereocenters. The van der Waals surface area contributed by atoms with Crippen LogP contribution in [0.4, 0.5) is 0 Å². The average molecular weight is 370 g/mol. The Bertz CT molecular complexity index is 692.